The molecule has 0 amide bonds. The second kappa shape index (κ2) is 7.77. The van der Waals surface area contributed by atoms with Crippen LogP contribution in [0.15, 0.2) is 30.3 Å². The van der Waals surface area contributed by atoms with Crippen LogP contribution in [0.2, 0.25) is 0 Å². The molecule has 1 atom stereocenters. The molecular weight excluding hydrogens is 257 g/mol. The van der Waals surface area contributed by atoms with Crippen LogP contribution < -0.4 is 5.32 Å². The molecule has 0 saturated carbocycles. The van der Waals surface area contributed by atoms with Crippen LogP contribution in [0.25, 0.3) is 0 Å². The summed E-state index contributed by atoms with van der Waals surface area (Å²) in [6.07, 6.45) is -4.05. The molecule has 0 fully saturated rings. The van der Waals surface area contributed by atoms with E-state index in [2.05, 4.69) is 10.1 Å². The molecule has 0 spiro atoms. The summed E-state index contributed by atoms with van der Waals surface area (Å²) in [5, 5.41) is 11.7. The monoisotopic (exact) mass is 272 g/mol. The molecule has 0 bridgehead atoms. The summed E-state index contributed by atoms with van der Waals surface area (Å²) >= 11 is 0. The highest BCUT2D eigenvalue weighted by molar-refractivity contribution is 5.19. The number of nitriles is 1. The van der Waals surface area contributed by atoms with Crippen LogP contribution in [0, 0.1) is 11.3 Å². The number of rotatable bonds is 7. The van der Waals surface area contributed by atoms with Crippen LogP contribution in [0.3, 0.4) is 0 Å². The summed E-state index contributed by atoms with van der Waals surface area (Å²) in [4.78, 5) is 0. The molecule has 0 radical (unpaired) electrons. The molecule has 1 rings (SSSR count). The standard InChI is InChI=1S/C13H15F3N2O/c14-13(15,16)10-19-9-8-18-12(6-7-17)11-4-2-1-3-5-11/h1-5,12,18H,6,8-10H2. The maximum absolute atomic E-state index is 11.8. The van der Waals surface area contributed by atoms with Gasteiger partial charge in [-0.1, -0.05) is 30.3 Å². The van der Waals surface area contributed by atoms with Gasteiger partial charge in [-0.25, -0.2) is 0 Å². The van der Waals surface area contributed by atoms with Gasteiger partial charge < -0.3 is 10.1 Å². The number of nitrogens with zero attached hydrogens (tertiary/aromatic N) is 1. The van der Waals surface area contributed by atoms with Crippen molar-refractivity contribution < 1.29 is 17.9 Å². The Morgan fingerprint density at radius 3 is 2.53 bits per heavy atom. The number of hydrogen-bond donors (Lipinski definition) is 1. The highest BCUT2D eigenvalue weighted by Crippen LogP contribution is 2.16. The Kier molecular flexibility index (Phi) is 6.33. The van der Waals surface area contributed by atoms with Gasteiger partial charge in [0.15, 0.2) is 0 Å². The van der Waals surface area contributed by atoms with Crippen molar-refractivity contribution in [3.05, 3.63) is 35.9 Å². The van der Waals surface area contributed by atoms with E-state index >= 15 is 0 Å². The minimum absolute atomic E-state index is 0.0473. The fourth-order valence-corrected chi connectivity index (χ4v) is 1.58. The second-order valence-electron chi connectivity index (χ2n) is 3.95. The topological polar surface area (TPSA) is 45.0 Å². The van der Waals surface area contributed by atoms with Crippen LogP contribution >= 0.6 is 0 Å². The van der Waals surface area contributed by atoms with Crippen molar-refractivity contribution >= 4 is 0 Å². The first-order chi connectivity index (χ1) is 9.03. The van der Waals surface area contributed by atoms with E-state index in [9.17, 15) is 13.2 Å². The molecule has 1 aromatic rings. The maximum atomic E-state index is 11.8. The molecule has 0 aliphatic heterocycles. The molecule has 0 heterocycles. The van der Waals surface area contributed by atoms with E-state index in [0.717, 1.165) is 5.56 Å². The Morgan fingerprint density at radius 2 is 1.95 bits per heavy atom. The van der Waals surface area contributed by atoms with Crippen LogP contribution in [-0.2, 0) is 4.74 Å². The number of benzene rings is 1. The van der Waals surface area contributed by atoms with Gasteiger partial charge in [0.1, 0.15) is 6.61 Å². The predicted octanol–water partition coefficient (Wildman–Crippen LogP) is 2.81. The van der Waals surface area contributed by atoms with Crippen LogP contribution in [0.1, 0.15) is 18.0 Å². The molecule has 0 saturated heterocycles. The normalized spacial score (nSPS) is 12.9. The Labute approximate surface area is 110 Å². The van der Waals surface area contributed by atoms with E-state index < -0.39 is 12.8 Å². The molecule has 0 aliphatic carbocycles. The van der Waals surface area contributed by atoms with Crippen molar-refractivity contribution in [3.63, 3.8) is 0 Å². The molecule has 1 aromatic carbocycles. The molecule has 104 valence electrons. The van der Waals surface area contributed by atoms with E-state index in [1.165, 1.54) is 0 Å². The number of alkyl halides is 3. The lowest BCUT2D eigenvalue weighted by molar-refractivity contribution is -0.173. The third-order valence-electron chi connectivity index (χ3n) is 2.40. The molecule has 0 aromatic heterocycles. The smallest absolute Gasteiger partial charge is 0.371 e. The van der Waals surface area contributed by atoms with Crippen molar-refractivity contribution in [2.75, 3.05) is 19.8 Å². The fourth-order valence-electron chi connectivity index (χ4n) is 1.58. The number of hydrogen-bond acceptors (Lipinski definition) is 3. The van der Waals surface area contributed by atoms with Crippen molar-refractivity contribution in [2.24, 2.45) is 0 Å². The first kappa shape index (κ1) is 15.5. The molecule has 6 heteroatoms. The van der Waals surface area contributed by atoms with Gasteiger partial charge in [-0.15, -0.1) is 0 Å². The first-order valence-corrected chi connectivity index (χ1v) is 5.82. The van der Waals surface area contributed by atoms with Gasteiger partial charge in [0.05, 0.1) is 19.1 Å². The Morgan fingerprint density at radius 1 is 1.26 bits per heavy atom. The SMILES string of the molecule is N#CCC(NCCOCC(F)(F)F)c1ccccc1. The van der Waals surface area contributed by atoms with Gasteiger partial charge in [0.25, 0.3) is 0 Å². The van der Waals surface area contributed by atoms with Gasteiger partial charge in [-0.2, -0.15) is 18.4 Å². The summed E-state index contributed by atoms with van der Waals surface area (Å²) in [6.45, 7) is -1.03. The minimum Gasteiger partial charge on any atom is -0.371 e. The first-order valence-electron chi connectivity index (χ1n) is 5.82. The van der Waals surface area contributed by atoms with Gasteiger partial charge >= 0.3 is 6.18 Å². The lowest BCUT2D eigenvalue weighted by Gasteiger charge is -2.16. The van der Waals surface area contributed by atoms with E-state index in [-0.39, 0.29) is 25.6 Å². The van der Waals surface area contributed by atoms with E-state index in [0.29, 0.717) is 0 Å². The quantitative estimate of drug-likeness (QED) is 0.776. The summed E-state index contributed by atoms with van der Waals surface area (Å²) in [6, 6.07) is 11.1. The lowest BCUT2D eigenvalue weighted by Crippen LogP contribution is -2.27. The predicted molar refractivity (Wildman–Crippen MR) is 64.3 cm³/mol. The second-order valence-corrected chi connectivity index (χ2v) is 3.95. The van der Waals surface area contributed by atoms with Crippen LogP contribution in [-0.4, -0.2) is 25.9 Å². The Balaban J connectivity index is 2.34. The molecule has 19 heavy (non-hydrogen) atoms. The zero-order valence-electron chi connectivity index (χ0n) is 10.3. The average molecular weight is 272 g/mol. The van der Waals surface area contributed by atoms with Crippen LogP contribution in [0.4, 0.5) is 13.2 Å². The third kappa shape index (κ3) is 6.79. The van der Waals surface area contributed by atoms with Crippen molar-refractivity contribution in [2.45, 2.75) is 18.6 Å². The number of halogens is 3. The highest BCUT2D eigenvalue weighted by Gasteiger charge is 2.27. The molecule has 1 N–H and O–H groups in total. The minimum atomic E-state index is -4.30. The Hall–Kier alpha value is -1.58. The summed E-state index contributed by atoms with van der Waals surface area (Å²) in [7, 11) is 0. The van der Waals surface area contributed by atoms with Crippen molar-refractivity contribution in [1.29, 1.82) is 5.26 Å². The summed E-state index contributed by atoms with van der Waals surface area (Å²) in [5.74, 6) is 0. The van der Waals surface area contributed by atoms with E-state index in [1.807, 2.05) is 36.4 Å². The fraction of sp³-hybridized carbons (Fsp3) is 0.462. The largest absolute Gasteiger partial charge is 0.411 e. The zero-order valence-corrected chi connectivity index (χ0v) is 10.3. The third-order valence-corrected chi connectivity index (χ3v) is 2.40. The lowest BCUT2D eigenvalue weighted by atomic mass is 10.0. The summed E-state index contributed by atoms with van der Waals surface area (Å²) in [5.41, 5.74) is 0.930. The number of ether oxygens (including phenoxy) is 1. The molecule has 3 nitrogen and oxygen atoms in total. The van der Waals surface area contributed by atoms with Crippen molar-refractivity contribution in [3.8, 4) is 6.07 Å². The van der Waals surface area contributed by atoms with Gasteiger partial charge in [0.2, 0.25) is 0 Å². The van der Waals surface area contributed by atoms with Crippen molar-refractivity contribution in [1.82, 2.24) is 5.32 Å². The zero-order chi connectivity index (χ0) is 14.1. The molecular formula is C13H15F3N2O. The van der Waals surface area contributed by atoms with Crippen LogP contribution in [0.5, 0.6) is 0 Å². The van der Waals surface area contributed by atoms with Gasteiger partial charge in [-0.05, 0) is 5.56 Å². The number of nitrogens with one attached hydrogen (secondary N) is 1. The average Bonchev–Trinajstić information content (AvgIpc) is 2.37. The van der Waals surface area contributed by atoms with Gasteiger partial charge in [-0.3, -0.25) is 0 Å². The van der Waals surface area contributed by atoms with E-state index in [1.54, 1.807) is 0 Å². The summed E-state index contributed by atoms with van der Waals surface area (Å²) < 4.78 is 40.0. The molecule has 0 aliphatic rings. The highest BCUT2D eigenvalue weighted by atomic mass is 19.4. The maximum Gasteiger partial charge on any atom is 0.411 e. The van der Waals surface area contributed by atoms with E-state index in [4.69, 9.17) is 5.26 Å². The van der Waals surface area contributed by atoms with Gasteiger partial charge in [0, 0.05) is 12.6 Å². The molecule has 1 unspecified atom stereocenters. The Bertz CT molecular complexity index is 401.